The normalized spacial score (nSPS) is 33.6. The number of ether oxygens (including phenoxy) is 4. The number of fused-ring (bicyclic) bond motifs is 2. The van der Waals surface area contributed by atoms with Crippen LogP contribution in [0.15, 0.2) is 48.5 Å². The smallest absolute Gasteiger partial charge is 0.184 e. The summed E-state index contributed by atoms with van der Waals surface area (Å²) in [7, 11) is 0. The first kappa shape index (κ1) is 20.1. The maximum absolute atomic E-state index is 10.6. The molecule has 0 saturated carbocycles. The Balaban J connectivity index is 1.55. The third-order valence-electron chi connectivity index (χ3n) is 4.79. The average molecular weight is 427 g/mol. The van der Waals surface area contributed by atoms with Gasteiger partial charge in [-0.3, -0.25) is 0 Å². The fourth-order valence-corrected chi connectivity index (χ4v) is 3.51. The van der Waals surface area contributed by atoms with Crippen LogP contribution < -0.4 is 0 Å². The summed E-state index contributed by atoms with van der Waals surface area (Å²) in [5, 5.41) is 22.4. The summed E-state index contributed by atoms with van der Waals surface area (Å²) in [5.41, 5.74) is 1.48. The van der Waals surface area contributed by atoms with Crippen molar-refractivity contribution in [3.8, 4) is 0 Å². The Bertz CT molecular complexity index is 784. The predicted octanol–water partition coefficient (Wildman–Crippen LogP) is 3.24. The summed E-state index contributed by atoms with van der Waals surface area (Å²) in [6.07, 6.45) is -5.20. The first-order chi connectivity index (χ1) is 13.5. The summed E-state index contributed by atoms with van der Waals surface area (Å²) in [6, 6.07) is 14.0. The Kier molecular flexibility index (Phi) is 6.20. The van der Waals surface area contributed by atoms with Crippen molar-refractivity contribution >= 4 is 23.2 Å². The van der Waals surface area contributed by atoms with Crippen molar-refractivity contribution in [3.05, 3.63) is 69.7 Å². The lowest BCUT2D eigenvalue weighted by Crippen LogP contribution is -2.54. The molecule has 2 aromatic rings. The number of halogens is 2. The minimum Gasteiger partial charge on any atom is -0.388 e. The van der Waals surface area contributed by atoms with E-state index in [-0.39, 0.29) is 13.2 Å². The summed E-state index contributed by atoms with van der Waals surface area (Å²) >= 11 is 11.9. The SMILES string of the molecule is O[C@H]1[C@@H]2OC(c3ccc(Cl)cc3)O[C@H]1COC(c1ccc(Cl)cc1)OC[C@H]2O. The fraction of sp³-hybridized carbons (Fsp3) is 0.400. The quantitative estimate of drug-likeness (QED) is 0.767. The van der Waals surface area contributed by atoms with Crippen LogP contribution in [0.25, 0.3) is 0 Å². The predicted molar refractivity (Wildman–Crippen MR) is 102 cm³/mol. The molecular formula is C20H20Cl2O6. The minimum atomic E-state index is -1.06. The van der Waals surface area contributed by atoms with Gasteiger partial charge in [0.05, 0.1) is 13.2 Å². The van der Waals surface area contributed by atoms with E-state index in [1.807, 2.05) is 0 Å². The summed E-state index contributed by atoms with van der Waals surface area (Å²) in [6.45, 7) is -0.0137. The monoisotopic (exact) mass is 426 g/mol. The van der Waals surface area contributed by atoms with E-state index in [2.05, 4.69) is 0 Å². The van der Waals surface area contributed by atoms with E-state index in [1.165, 1.54) is 0 Å². The van der Waals surface area contributed by atoms with Gasteiger partial charge in [-0.05, 0) is 24.3 Å². The van der Waals surface area contributed by atoms with Gasteiger partial charge in [0.2, 0.25) is 0 Å². The van der Waals surface area contributed by atoms with E-state index in [1.54, 1.807) is 48.5 Å². The fourth-order valence-electron chi connectivity index (χ4n) is 3.26. The van der Waals surface area contributed by atoms with Gasteiger partial charge >= 0.3 is 0 Å². The van der Waals surface area contributed by atoms with Crippen LogP contribution in [0.3, 0.4) is 0 Å². The van der Waals surface area contributed by atoms with E-state index >= 15 is 0 Å². The minimum absolute atomic E-state index is 0.0606. The molecule has 0 spiro atoms. The van der Waals surface area contributed by atoms with Crippen molar-refractivity contribution in [1.82, 2.24) is 0 Å². The first-order valence-electron chi connectivity index (χ1n) is 8.92. The number of rotatable bonds is 2. The molecule has 2 aliphatic heterocycles. The molecule has 28 heavy (non-hydrogen) atoms. The van der Waals surface area contributed by atoms with Crippen LogP contribution in [0.2, 0.25) is 10.0 Å². The molecule has 6 nitrogen and oxygen atoms in total. The molecule has 2 N–H and O–H groups in total. The molecule has 2 bridgehead atoms. The zero-order chi connectivity index (χ0) is 19.7. The molecule has 0 radical (unpaired) electrons. The molecule has 0 aromatic heterocycles. The summed E-state index contributed by atoms with van der Waals surface area (Å²) in [5.74, 6) is 0. The largest absolute Gasteiger partial charge is 0.388 e. The van der Waals surface area contributed by atoms with Gasteiger partial charge in [0.25, 0.3) is 0 Å². The van der Waals surface area contributed by atoms with Crippen LogP contribution in [0.1, 0.15) is 23.7 Å². The van der Waals surface area contributed by atoms with Gasteiger partial charge in [-0.25, -0.2) is 0 Å². The molecule has 0 amide bonds. The molecule has 150 valence electrons. The van der Waals surface area contributed by atoms with Gasteiger partial charge in [-0.2, -0.15) is 0 Å². The van der Waals surface area contributed by atoms with Crippen LogP contribution in [0.5, 0.6) is 0 Å². The van der Waals surface area contributed by atoms with Crippen LogP contribution in [0.4, 0.5) is 0 Å². The molecule has 2 unspecified atom stereocenters. The number of hydrogen-bond donors (Lipinski definition) is 2. The lowest BCUT2D eigenvalue weighted by Gasteiger charge is -2.40. The number of benzene rings is 2. The molecule has 2 saturated heterocycles. The van der Waals surface area contributed by atoms with Crippen molar-refractivity contribution < 1.29 is 29.2 Å². The highest BCUT2D eigenvalue weighted by Gasteiger charge is 2.44. The second kappa shape index (κ2) is 8.65. The van der Waals surface area contributed by atoms with E-state index < -0.39 is 37.0 Å². The molecule has 8 heteroatoms. The molecule has 2 heterocycles. The zero-order valence-corrected chi connectivity index (χ0v) is 16.3. The second-order valence-corrected chi connectivity index (χ2v) is 7.64. The molecule has 2 fully saturated rings. The Morgan fingerprint density at radius 3 is 1.86 bits per heavy atom. The van der Waals surface area contributed by atoms with Gasteiger partial charge < -0.3 is 29.2 Å². The van der Waals surface area contributed by atoms with Crippen LogP contribution in [-0.2, 0) is 18.9 Å². The third-order valence-corrected chi connectivity index (χ3v) is 5.29. The van der Waals surface area contributed by atoms with Crippen LogP contribution >= 0.6 is 23.2 Å². The number of hydrogen-bond acceptors (Lipinski definition) is 6. The van der Waals surface area contributed by atoms with Gasteiger partial charge in [-0.15, -0.1) is 0 Å². The summed E-state index contributed by atoms with van der Waals surface area (Å²) in [4.78, 5) is 0. The van der Waals surface area contributed by atoms with Crippen molar-refractivity contribution in [1.29, 1.82) is 0 Å². The molecular weight excluding hydrogens is 407 g/mol. The summed E-state index contributed by atoms with van der Waals surface area (Å²) < 4.78 is 23.3. The lowest BCUT2D eigenvalue weighted by atomic mass is 10.0. The van der Waals surface area contributed by atoms with Crippen molar-refractivity contribution in [2.75, 3.05) is 13.2 Å². The van der Waals surface area contributed by atoms with Crippen LogP contribution in [-0.4, -0.2) is 47.8 Å². The van der Waals surface area contributed by atoms with E-state index in [4.69, 9.17) is 42.1 Å². The molecule has 4 rings (SSSR count). The average Bonchev–Trinajstić information content (AvgIpc) is 2.72. The first-order valence-corrected chi connectivity index (χ1v) is 9.68. The Labute approximate surface area is 172 Å². The Morgan fingerprint density at radius 2 is 1.25 bits per heavy atom. The highest BCUT2D eigenvalue weighted by Crippen LogP contribution is 2.34. The molecule has 0 aliphatic carbocycles. The van der Waals surface area contributed by atoms with E-state index in [0.29, 0.717) is 10.0 Å². The van der Waals surface area contributed by atoms with Crippen LogP contribution in [0, 0.1) is 0 Å². The number of aliphatic hydroxyl groups excluding tert-OH is 2. The van der Waals surface area contributed by atoms with Gasteiger partial charge in [0.1, 0.15) is 24.4 Å². The highest BCUT2D eigenvalue weighted by atomic mass is 35.5. The maximum atomic E-state index is 10.6. The standard InChI is InChI=1S/C20H20Cl2O6/c21-13-5-1-11(2-6-13)19-25-9-15(23)18-17(24)16(10-26-19)27-20(28-18)12-3-7-14(22)8-4-12/h1-8,15-20,23-24H,9-10H2/t15-,16+,17-,18-,19?,20?/m1/s1. The zero-order valence-electron chi connectivity index (χ0n) is 14.8. The maximum Gasteiger partial charge on any atom is 0.184 e. The Morgan fingerprint density at radius 1 is 0.714 bits per heavy atom. The molecule has 2 aromatic carbocycles. The topological polar surface area (TPSA) is 77.4 Å². The Hall–Kier alpha value is -1.22. The van der Waals surface area contributed by atoms with E-state index in [9.17, 15) is 10.2 Å². The van der Waals surface area contributed by atoms with E-state index in [0.717, 1.165) is 11.1 Å². The van der Waals surface area contributed by atoms with Crippen molar-refractivity contribution in [3.63, 3.8) is 0 Å². The molecule has 6 atom stereocenters. The van der Waals surface area contributed by atoms with Crippen molar-refractivity contribution in [2.45, 2.75) is 37.0 Å². The van der Waals surface area contributed by atoms with Crippen molar-refractivity contribution in [2.24, 2.45) is 0 Å². The molecule has 2 aliphatic rings. The lowest BCUT2D eigenvalue weighted by molar-refractivity contribution is -0.308. The second-order valence-electron chi connectivity index (χ2n) is 6.77. The third kappa shape index (κ3) is 4.35. The highest BCUT2D eigenvalue weighted by molar-refractivity contribution is 6.30. The van der Waals surface area contributed by atoms with Gasteiger partial charge in [0, 0.05) is 21.2 Å². The van der Waals surface area contributed by atoms with Gasteiger partial charge in [-0.1, -0.05) is 47.5 Å². The number of aliphatic hydroxyl groups is 2. The van der Waals surface area contributed by atoms with Gasteiger partial charge in [0.15, 0.2) is 12.6 Å².